The highest BCUT2D eigenvalue weighted by Crippen LogP contribution is 2.32. The van der Waals surface area contributed by atoms with E-state index < -0.39 is 27.3 Å². The van der Waals surface area contributed by atoms with Crippen molar-refractivity contribution >= 4 is 50.2 Å². The van der Waals surface area contributed by atoms with E-state index in [1.165, 1.54) is 16.8 Å². The number of nitrogens with one attached hydrogen (secondary N) is 2. The molecule has 50 heavy (non-hydrogen) atoms. The van der Waals surface area contributed by atoms with Crippen LogP contribution in [0.15, 0.2) is 96.1 Å². The standard InChI is InChI=1S/C34H34N8O6S.H2O/c1-22(48-49(4,45)46)32(43)36-24-11-8-12-26(19-24)42-31-28(37-30(33(42)44)23-9-6-5-7-10-23)21-35-34(39-31)38-27-14-13-25(20-29(27)47-3)41-17-15-40(2)16-18-41;/h5-14,19-21H,1,15-18H2,2-4H3,(H,36,43)(H,35,38,39);1H2. The molecule has 6 rings (SSSR count). The highest BCUT2D eigenvalue weighted by molar-refractivity contribution is 7.86. The molecular weight excluding hydrogens is 664 g/mol. The molecule has 1 aliphatic heterocycles. The summed E-state index contributed by atoms with van der Waals surface area (Å²) in [4.78, 5) is 45.2. The van der Waals surface area contributed by atoms with Crippen molar-refractivity contribution in [2.24, 2.45) is 0 Å². The number of piperazine rings is 1. The first kappa shape index (κ1) is 35.5. The Bertz CT molecular complexity index is 2220. The van der Waals surface area contributed by atoms with Crippen LogP contribution in [-0.2, 0) is 19.1 Å². The van der Waals surface area contributed by atoms with E-state index in [0.29, 0.717) is 28.2 Å². The monoisotopic (exact) mass is 700 g/mol. The molecule has 1 fully saturated rings. The minimum atomic E-state index is -3.96. The molecule has 3 aromatic carbocycles. The van der Waals surface area contributed by atoms with Crippen molar-refractivity contribution in [1.82, 2.24) is 24.4 Å². The molecule has 2 aromatic heterocycles. The second kappa shape index (κ2) is 14.7. The van der Waals surface area contributed by atoms with Gasteiger partial charge in [-0.05, 0) is 44.0 Å². The number of amides is 1. The molecular formula is C34H36N8O7S. The van der Waals surface area contributed by atoms with Gasteiger partial charge in [-0.25, -0.2) is 9.97 Å². The summed E-state index contributed by atoms with van der Waals surface area (Å²) in [6.45, 7) is 7.14. The Morgan fingerprint density at radius 1 is 0.940 bits per heavy atom. The number of hydrogen-bond acceptors (Lipinski definition) is 12. The zero-order valence-electron chi connectivity index (χ0n) is 27.6. The van der Waals surface area contributed by atoms with Gasteiger partial charge in [0, 0.05) is 49.2 Å². The fourth-order valence-electron chi connectivity index (χ4n) is 5.37. The van der Waals surface area contributed by atoms with Crippen LogP contribution in [0.3, 0.4) is 0 Å². The molecule has 4 N–H and O–H groups in total. The lowest BCUT2D eigenvalue weighted by molar-refractivity contribution is -0.114. The van der Waals surface area contributed by atoms with Crippen LogP contribution in [0.4, 0.5) is 23.0 Å². The predicted molar refractivity (Wildman–Crippen MR) is 192 cm³/mol. The molecule has 1 saturated heterocycles. The topological polar surface area (TPSA) is 192 Å². The van der Waals surface area contributed by atoms with E-state index in [1.54, 1.807) is 49.6 Å². The molecule has 0 aliphatic carbocycles. The van der Waals surface area contributed by atoms with E-state index >= 15 is 0 Å². The Hall–Kier alpha value is -5.84. The second-order valence-electron chi connectivity index (χ2n) is 11.4. The van der Waals surface area contributed by atoms with Crippen LogP contribution < -0.4 is 25.8 Å². The van der Waals surface area contributed by atoms with Gasteiger partial charge in [-0.15, -0.1) is 0 Å². The predicted octanol–water partition coefficient (Wildman–Crippen LogP) is 2.95. The number of aromatic nitrogens is 4. The summed E-state index contributed by atoms with van der Waals surface area (Å²) in [5.41, 5.74) is 3.10. The summed E-state index contributed by atoms with van der Waals surface area (Å²) in [6, 6.07) is 21.3. The number of carbonyl (C=O) groups excluding carboxylic acids is 1. The van der Waals surface area contributed by atoms with Gasteiger partial charge in [0.25, 0.3) is 11.5 Å². The van der Waals surface area contributed by atoms with Crippen LogP contribution in [0.25, 0.3) is 28.1 Å². The van der Waals surface area contributed by atoms with Gasteiger partial charge in [-0.3, -0.25) is 14.2 Å². The Morgan fingerprint density at radius 2 is 1.68 bits per heavy atom. The number of fused-ring (bicyclic) bond motifs is 1. The third-order valence-corrected chi connectivity index (χ3v) is 8.32. The largest absolute Gasteiger partial charge is 0.494 e. The van der Waals surface area contributed by atoms with Crippen LogP contribution >= 0.6 is 0 Å². The molecule has 16 heteroatoms. The van der Waals surface area contributed by atoms with Crippen molar-refractivity contribution in [1.29, 1.82) is 0 Å². The fraction of sp³-hybridized carbons (Fsp3) is 0.206. The maximum Gasteiger partial charge on any atom is 0.306 e. The van der Waals surface area contributed by atoms with Crippen LogP contribution in [-0.4, -0.2) is 90.8 Å². The summed E-state index contributed by atoms with van der Waals surface area (Å²) in [7, 11) is -0.255. The first-order chi connectivity index (χ1) is 23.5. The Kier molecular flexibility index (Phi) is 10.5. The van der Waals surface area contributed by atoms with Crippen molar-refractivity contribution in [3.63, 3.8) is 0 Å². The van der Waals surface area contributed by atoms with E-state index in [9.17, 15) is 18.0 Å². The highest BCUT2D eigenvalue weighted by Gasteiger charge is 2.20. The summed E-state index contributed by atoms with van der Waals surface area (Å²) >= 11 is 0. The minimum Gasteiger partial charge on any atom is -0.494 e. The average Bonchev–Trinajstić information content (AvgIpc) is 3.08. The second-order valence-corrected chi connectivity index (χ2v) is 13.0. The molecule has 3 heterocycles. The van der Waals surface area contributed by atoms with Gasteiger partial charge >= 0.3 is 10.1 Å². The van der Waals surface area contributed by atoms with Crippen molar-refractivity contribution in [3.05, 3.63) is 102 Å². The van der Waals surface area contributed by atoms with Crippen LogP contribution in [0.5, 0.6) is 5.75 Å². The SMILES string of the molecule is C=C(OS(C)(=O)=O)C(=O)Nc1cccc(-n2c(=O)c(-c3ccccc3)nc3cnc(Nc4ccc(N5CCN(C)CC5)cc4OC)nc32)c1.O. The number of carbonyl (C=O) groups is 1. The highest BCUT2D eigenvalue weighted by atomic mass is 32.2. The third kappa shape index (κ3) is 7.89. The number of anilines is 4. The quantitative estimate of drug-likeness (QED) is 0.123. The maximum absolute atomic E-state index is 14.2. The van der Waals surface area contributed by atoms with Crippen molar-refractivity contribution in [2.45, 2.75) is 0 Å². The molecule has 1 amide bonds. The van der Waals surface area contributed by atoms with Crippen LogP contribution in [0.1, 0.15) is 0 Å². The number of rotatable bonds is 10. The summed E-state index contributed by atoms with van der Waals surface area (Å²) in [5.74, 6) is -0.693. The number of benzene rings is 3. The van der Waals surface area contributed by atoms with Gasteiger partial charge < -0.3 is 34.8 Å². The molecule has 0 spiro atoms. The summed E-state index contributed by atoms with van der Waals surface area (Å²) in [5, 5.41) is 5.77. The molecule has 0 unspecified atom stereocenters. The smallest absolute Gasteiger partial charge is 0.306 e. The van der Waals surface area contributed by atoms with E-state index in [-0.39, 0.29) is 28.5 Å². The van der Waals surface area contributed by atoms with Crippen molar-refractivity contribution < 1.29 is 27.6 Å². The van der Waals surface area contributed by atoms with E-state index in [4.69, 9.17) is 9.72 Å². The fourth-order valence-corrected chi connectivity index (χ4v) is 5.81. The van der Waals surface area contributed by atoms with Gasteiger partial charge in [-0.2, -0.15) is 13.4 Å². The van der Waals surface area contributed by atoms with Gasteiger partial charge in [0.15, 0.2) is 11.4 Å². The number of likely N-dealkylation sites (N-methyl/N-ethyl adjacent to an activating group) is 1. The molecule has 1 aliphatic rings. The lowest BCUT2D eigenvalue weighted by Gasteiger charge is -2.34. The number of nitrogens with zero attached hydrogens (tertiary/aromatic N) is 6. The molecule has 0 atom stereocenters. The van der Waals surface area contributed by atoms with Crippen LogP contribution in [0.2, 0.25) is 0 Å². The zero-order valence-corrected chi connectivity index (χ0v) is 28.4. The molecule has 0 saturated carbocycles. The lowest BCUT2D eigenvalue weighted by Crippen LogP contribution is -2.44. The van der Waals surface area contributed by atoms with Gasteiger partial charge in [-0.1, -0.05) is 36.4 Å². The minimum absolute atomic E-state index is 0. The Morgan fingerprint density at radius 3 is 2.38 bits per heavy atom. The first-order valence-electron chi connectivity index (χ1n) is 15.2. The van der Waals surface area contributed by atoms with Crippen LogP contribution in [0, 0.1) is 0 Å². The van der Waals surface area contributed by atoms with E-state index in [0.717, 1.165) is 38.1 Å². The number of hydrogen-bond donors (Lipinski definition) is 2. The number of ether oxygens (including phenoxy) is 1. The third-order valence-electron chi connectivity index (χ3n) is 7.81. The Labute approximate surface area is 288 Å². The average molecular weight is 701 g/mol. The van der Waals surface area contributed by atoms with Gasteiger partial charge in [0.2, 0.25) is 5.95 Å². The van der Waals surface area contributed by atoms with Crippen molar-refractivity contribution in [2.75, 3.05) is 62.1 Å². The van der Waals surface area contributed by atoms with E-state index in [2.05, 4.69) is 48.2 Å². The summed E-state index contributed by atoms with van der Waals surface area (Å²) < 4.78 is 34.7. The number of methoxy groups -OCH3 is 1. The van der Waals surface area contributed by atoms with Crippen molar-refractivity contribution in [3.8, 4) is 22.7 Å². The Balaban J connectivity index is 0.00000486. The lowest BCUT2D eigenvalue weighted by atomic mass is 10.1. The van der Waals surface area contributed by atoms with Gasteiger partial charge in [0.05, 0.1) is 30.9 Å². The first-order valence-corrected chi connectivity index (χ1v) is 17.0. The summed E-state index contributed by atoms with van der Waals surface area (Å²) in [6.07, 6.45) is 2.33. The normalized spacial score (nSPS) is 13.3. The molecule has 15 nitrogen and oxygen atoms in total. The van der Waals surface area contributed by atoms with Gasteiger partial charge in [0.1, 0.15) is 17.0 Å². The maximum atomic E-state index is 14.2. The zero-order chi connectivity index (χ0) is 34.7. The van der Waals surface area contributed by atoms with E-state index in [1.807, 2.05) is 24.3 Å². The molecule has 260 valence electrons. The molecule has 0 bridgehead atoms. The molecule has 0 radical (unpaired) electrons. The molecule has 5 aromatic rings.